The van der Waals surface area contributed by atoms with Gasteiger partial charge in [-0.15, -0.1) is 0 Å². The van der Waals surface area contributed by atoms with Gasteiger partial charge in [-0.3, -0.25) is 0 Å². The van der Waals surface area contributed by atoms with Crippen molar-refractivity contribution in [2.45, 2.75) is 13.3 Å². The third-order valence-corrected chi connectivity index (χ3v) is 2.99. The van der Waals surface area contributed by atoms with Crippen LogP contribution >= 0.6 is 0 Å². The summed E-state index contributed by atoms with van der Waals surface area (Å²) in [5.74, 6) is 0.122. The van der Waals surface area contributed by atoms with Gasteiger partial charge in [-0.2, -0.15) is 0 Å². The Kier molecular flexibility index (Phi) is 8.07. The molecule has 0 rings (SSSR count). The van der Waals surface area contributed by atoms with Crippen LogP contribution < -0.4 is 10.0 Å². The smallest absolute Gasteiger partial charge is 0.212 e. The lowest BCUT2D eigenvalue weighted by molar-refractivity contribution is 0.204. The fourth-order valence-electron chi connectivity index (χ4n) is 0.880. The van der Waals surface area contributed by atoms with Crippen molar-refractivity contribution in [3.05, 3.63) is 0 Å². The molecule has 0 fully saturated rings. The van der Waals surface area contributed by atoms with Crippen LogP contribution in [0.25, 0.3) is 0 Å². The molecule has 86 valence electrons. The van der Waals surface area contributed by atoms with Crippen LogP contribution in [0, 0.1) is 0 Å². The Balaban J connectivity index is 3.52. The van der Waals surface area contributed by atoms with Crippen LogP contribution in [0.15, 0.2) is 0 Å². The summed E-state index contributed by atoms with van der Waals surface area (Å²) < 4.78 is 29.7. The first-order valence-electron chi connectivity index (χ1n) is 4.79. The minimum absolute atomic E-state index is 0.122. The van der Waals surface area contributed by atoms with E-state index in [2.05, 4.69) is 10.0 Å². The molecular weight excluding hydrogens is 204 g/mol. The van der Waals surface area contributed by atoms with Gasteiger partial charge in [0.25, 0.3) is 0 Å². The molecule has 5 nitrogen and oxygen atoms in total. The summed E-state index contributed by atoms with van der Waals surface area (Å²) in [4.78, 5) is 0. The maximum absolute atomic E-state index is 11.3. The van der Waals surface area contributed by atoms with Crippen molar-refractivity contribution in [2.24, 2.45) is 0 Å². The van der Waals surface area contributed by atoms with Crippen molar-refractivity contribution < 1.29 is 13.2 Å². The Morgan fingerprint density at radius 3 is 2.50 bits per heavy atom. The first-order valence-corrected chi connectivity index (χ1v) is 6.44. The quantitative estimate of drug-likeness (QED) is 0.521. The molecule has 0 saturated heterocycles. The summed E-state index contributed by atoms with van der Waals surface area (Å²) in [6, 6.07) is 0. The number of hydrogen-bond donors (Lipinski definition) is 2. The zero-order valence-corrected chi connectivity index (χ0v) is 9.69. The van der Waals surface area contributed by atoms with E-state index in [4.69, 9.17) is 4.74 Å². The molecule has 0 bridgehead atoms. The van der Waals surface area contributed by atoms with Crippen LogP contribution in [0.2, 0.25) is 0 Å². The van der Waals surface area contributed by atoms with Crippen LogP contribution in [0.4, 0.5) is 0 Å². The summed E-state index contributed by atoms with van der Waals surface area (Å²) in [7, 11) is -1.59. The predicted octanol–water partition coefficient (Wildman–Crippen LogP) is -0.448. The third kappa shape index (κ3) is 8.43. The van der Waals surface area contributed by atoms with Crippen molar-refractivity contribution in [1.82, 2.24) is 10.0 Å². The summed E-state index contributed by atoms with van der Waals surface area (Å²) in [5, 5.41) is 3.03. The molecule has 0 heterocycles. The Bertz CT molecular complexity index is 217. The number of methoxy groups -OCH3 is 1. The number of ether oxygens (including phenoxy) is 1. The number of hydrogen-bond acceptors (Lipinski definition) is 4. The lowest BCUT2D eigenvalue weighted by atomic mass is 10.5. The normalized spacial score (nSPS) is 11.9. The third-order valence-electron chi connectivity index (χ3n) is 1.60. The van der Waals surface area contributed by atoms with E-state index in [0.717, 1.165) is 13.0 Å². The molecule has 0 aromatic carbocycles. The Morgan fingerprint density at radius 2 is 1.93 bits per heavy atom. The van der Waals surface area contributed by atoms with E-state index < -0.39 is 10.0 Å². The zero-order valence-electron chi connectivity index (χ0n) is 8.88. The number of rotatable bonds is 9. The van der Waals surface area contributed by atoms with Crippen molar-refractivity contribution in [3.63, 3.8) is 0 Å². The molecule has 6 heteroatoms. The average molecular weight is 224 g/mol. The fourth-order valence-corrected chi connectivity index (χ4v) is 1.83. The summed E-state index contributed by atoms with van der Waals surface area (Å²) in [5.41, 5.74) is 0. The molecule has 0 saturated carbocycles. The van der Waals surface area contributed by atoms with E-state index in [1.54, 1.807) is 0 Å². The maximum Gasteiger partial charge on any atom is 0.212 e. The average Bonchev–Trinajstić information content (AvgIpc) is 2.13. The molecule has 0 aromatic rings. The predicted molar refractivity (Wildman–Crippen MR) is 56.8 cm³/mol. The summed E-state index contributed by atoms with van der Waals surface area (Å²) in [6.07, 6.45) is 1.01. The van der Waals surface area contributed by atoms with Crippen molar-refractivity contribution in [2.75, 3.05) is 39.1 Å². The van der Waals surface area contributed by atoms with E-state index >= 15 is 0 Å². The second-order valence-electron chi connectivity index (χ2n) is 2.96. The zero-order chi connectivity index (χ0) is 10.9. The molecule has 0 radical (unpaired) electrons. The summed E-state index contributed by atoms with van der Waals surface area (Å²) in [6.45, 7) is 4.14. The van der Waals surface area contributed by atoms with Gasteiger partial charge in [0.05, 0.1) is 12.4 Å². The first-order chi connectivity index (χ1) is 6.62. The highest BCUT2D eigenvalue weighted by Gasteiger charge is 2.07. The van der Waals surface area contributed by atoms with E-state index in [9.17, 15) is 8.42 Å². The highest BCUT2D eigenvalue weighted by molar-refractivity contribution is 7.89. The molecule has 0 aliphatic rings. The van der Waals surface area contributed by atoms with Crippen LogP contribution in [0.3, 0.4) is 0 Å². The first kappa shape index (κ1) is 13.8. The van der Waals surface area contributed by atoms with E-state index in [1.807, 2.05) is 6.92 Å². The Morgan fingerprint density at radius 1 is 1.21 bits per heavy atom. The molecule has 0 spiro atoms. The fraction of sp³-hybridized carbons (Fsp3) is 1.00. The topological polar surface area (TPSA) is 67.4 Å². The molecule has 0 amide bonds. The van der Waals surface area contributed by atoms with Gasteiger partial charge in [0.15, 0.2) is 0 Å². The molecular formula is C8H20N2O3S. The van der Waals surface area contributed by atoms with Gasteiger partial charge in [-0.25, -0.2) is 13.1 Å². The summed E-state index contributed by atoms with van der Waals surface area (Å²) >= 11 is 0. The van der Waals surface area contributed by atoms with Crippen molar-refractivity contribution in [1.29, 1.82) is 0 Å². The van der Waals surface area contributed by atoms with Gasteiger partial charge in [-0.1, -0.05) is 6.92 Å². The molecule has 0 unspecified atom stereocenters. The van der Waals surface area contributed by atoms with Gasteiger partial charge >= 0.3 is 0 Å². The minimum atomic E-state index is -3.13. The SMILES string of the molecule is CCCNCCS(=O)(=O)NCCOC. The molecule has 0 atom stereocenters. The van der Waals surface area contributed by atoms with E-state index in [1.165, 1.54) is 7.11 Å². The standard InChI is InChI=1S/C8H20N2O3S/c1-3-4-9-6-8-14(11,12)10-5-7-13-2/h9-10H,3-8H2,1-2H3. The van der Waals surface area contributed by atoms with Crippen LogP contribution in [-0.4, -0.2) is 47.5 Å². The minimum Gasteiger partial charge on any atom is -0.383 e. The second-order valence-corrected chi connectivity index (χ2v) is 4.88. The van der Waals surface area contributed by atoms with E-state index in [-0.39, 0.29) is 5.75 Å². The molecule has 2 N–H and O–H groups in total. The van der Waals surface area contributed by atoms with Gasteiger partial charge in [-0.05, 0) is 13.0 Å². The molecule has 14 heavy (non-hydrogen) atoms. The lowest BCUT2D eigenvalue weighted by Crippen LogP contribution is -2.33. The largest absolute Gasteiger partial charge is 0.383 e. The Labute approximate surface area is 86.3 Å². The van der Waals surface area contributed by atoms with E-state index in [0.29, 0.717) is 19.7 Å². The van der Waals surface area contributed by atoms with Crippen LogP contribution in [0.5, 0.6) is 0 Å². The van der Waals surface area contributed by atoms with Crippen LogP contribution in [0.1, 0.15) is 13.3 Å². The maximum atomic E-state index is 11.3. The highest BCUT2D eigenvalue weighted by atomic mass is 32.2. The number of sulfonamides is 1. The Hall–Kier alpha value is -0.170. The van der Waals surface area contributed by atoms with Gasteiger partial charge < -0.3 is 10.1 Å². The highest BCUT2D eigenvalue weighted by Crippen LogP contribution is 1.82. The second kappa shape index (κ2) is 8.16. The molecule has 0 aliphatic carbocycles. The molecule has 0 aromatic heterocycles. The number of nitrogens with one attached hydrogen (secondary N) is 2. The van der Waals surface area contributed by atoms with Gasteiger partial charge in [0.2, 0.25) is 10.0 Å². The monoisotopic (exact) mass is 224 g/mol. The van der Waals surface area contributed by atoms with Gasteiger partial charge in [0, 0.05) is 20.2 Å². The van der Waals surface area contributed by atoms with Crippen molar-refractivity contribution >= 4 is 10.0 Å². The molecule has 0 aliphatic heterocycles. The van der Waals surface area contributed by atoms with Crippen molar-refractivity contribution in [3.8, 4) is 0 Å². The van der Waals surface area contributed by atoms with Crippen LogP contribution in [-0.2, 0) is 14.8 Å². The van der Waals surface area contributed by atoms with Gasteiger partial charge in [0.1, 0.15) is 0 Å². The lowest BCUT2D eigenvalue weighted by Gasteiger charge is -2.06.